The molecular formula is C18H32N4O6S2. The molecule has 12 heteroatoms. The number of thioether (sulfide) groups is 2. The monoisotopic (exact) mass is 464 g/mol. The first-order valence-corrected chi connectivity index (χ1v) is 12.2. The Morgan fingerprint density at radius 2 is 1.37 bits per heavy atom. The number of carbonyl (C=O) groups excluding carboxylic acids is 5. The molecule has 0 aromatic carbocycles. The smallest absolute Gasteiger partial charge is 0.243 e. The number of hydrogen-bond acceptors (Lipinski definition) is 8. The van der Waals surface area contributed by atoms with Crippen molar-refractivity contribution in [3.63, 3.8) is 0 Å². The van der Waals surface area contributed by atoms with Crippen molar-refractivity contribution >= 4 is 53.4 Å². The van der Waals surface area contributed by atoms with Crippen LogP contribution in [0, 0.1) is 0 Å². The van der Waals surface area contributed by atoms with Gasteiger partial charge >= 0.3 is 0 Å². The molecule has 172 valence electrons. The summed E-state index contributed by atoms with van der Waals surface area (Å²) in [6, 6.07) is -3.70. The molecule has 0 aliphatic heterocycles. The molecule has 5 N–H and O–H groups in total. The lowest BCUT2D eigenvalue weighted by Crippen LogP contribution is -2.57. The van der Waals surface area contributed by atoms with Crippen LogP contribution in [0.2, 0.25) is 0 Å². The first-order valence-electron chi connectivity index (χ1n) is 9.42. The van der Waals surface area contributed by atoms with Gasteiger partial charge in [-0.05, 0) is 43.8 Å². The fourth-order valence-electron chi connectivity index (χ4n) is 2.34. The number of rotatable bonds is 15. The normalized spacial score (nSPS) is 14.6. The number of nitrogens with one attached hydrogen (secondary N) is 4. The molecule has 0 heterocycles. The summed E-state index contributed by atoms with van der Waals surface area (Å²) in [6.07, 6.45) is 4.88. The Balaban J connectivity index is 5.11. The molecule has 0 saturated carbocycles. The molecule has 0 aromatic heterocycles. The largest absolute Gasteiger partial charge is 0.394 e. The van der Waals surface area contributed by atoms with E-state index in [0.717, 1.165) is 0 Å². The summed E-state index contributed by atoms with van der Waals surface area (Å²) in [6.45, 7) is 2.19. The summed E-state index contributed by atoms with van der Waals surface area (Å²) in [4.78, 5) is 59.5. The van der Waals surface area contributed by atoms with Crippen LogP contribution in [0.3, 0.4) is 0 Å². The summed E-state index contributed by atoms with van der Waals surface area (Å²) >= 11 is 3.03. The predicted octanol–water partition coefficient (Wildman–Crippen LogP) is -1.34. The molecule has 0 aliphatic rings. The molecule has 0 radical (unpaired) electrons. The summed E-state index contributed by atoms with van der Waals surface area (Å²) in [5.74, 6) is -0.774. The van der Waals surface area contributed by atoms with Crippen molar-refractivity contribution in [2.45, 2.75) is 50.9 Å². The van der Waals surface area contributed by atoms with E-state index in [0.29, 0.717) is 30.6 Å². The molecular weight excluding hydrogens is 432 g/mol. The third-order valence-electron chi connectivity index (χ3n) is 3.99. The maximum atomic E-state index is 12.7. The van der Waals surface area contributed by atoms with Gasteiger partial charge in [0.2, 0.25) is 23.6 Å². The van der Waals surface area contributed by atoms with Crippen LogP contribution in [0.1, 0.15) is 26.7 Å². The molecule has 0 saturated heterocycles. The van der Waals surface area contributed by atoms with E-state index in [1.54, 1.807) is 0 Å². The maximum Gasteiger partial charge on any atom is 0.243 e. The van der Waals surface area contributed by atoms with E-state index in [1.807, 2.05) is 12.5 Å². The third-order valence-corrected chi connectivity index (χ3v) is 5.28. The van der Waals surface area contributed by atoms with E-state index < -0.39 is 48.5 Å². The van der Waals surface area contributed by atoms with Crippen molar-refractivity contribution in [3.8, 4) is 0 Å². The van der Waals surface area contributed by atoms with Gasteiger partial charge in [0, 0.05) is 6.92 Å². The highest BCUT2D eigenvalue weighted by Gasteiger charge is 2.28. The molecule has 0 aliphatic carbocycles. The lowest BCUT2D eigenvalue weighted by Gasteiger charge is -2.24. The highest BCUT2D eigenvalue weighted by atomic mass is 32.2. The molecule has 0 fully saturated rings. The van der Waals surface area contributed by atoms with Crippen LogP contribution in [0.4, 0.5) is 0 Å². The number of aliphatic hydroxyl groups is 1. The lowest BCUT2D eigenvalue weighted by molar-refractivity contribution is -0.133. The number of carbonyl (C=O) groups is 5. The summed E-state index contributed by atoms with van der Waals surface area (Å²) < 4.78 is 0. The quantitative estimate of drug-likeness (QED) is 0.187. The molecule has 30 heavy (non-hydrogen) atoms. The van der Waals surface area contributed by atoms with Crippen LogP contribution < -0.4 is 21.3 Å². The Hall–Kier alpha value is -1.79. The minimum atomic E-state index is -1.06. The van der Waals surface area contributed by atoms with Crippen molar-refractivity contribution in [2.24, 2.45) is 0 Å². The highest BCUT2D eigenvalue weighted by molar-refractivity contribution is 7.98. The SMILES string of the molecule is CSCC[C@H](NC(C)=O)C(=O)N[C@@H](CCSC)C(=O)N[C@@H](C)C(=O)N[C@H](C=O)CO. The summed E-state index contributed by atoms with van der Waals surface area (Å²) in [7, 11) is 0. The van der Waals surface area contributed by atoms with Crippen molar-refractivity contribution < 1.29 is 29.1 Å². The highest BCUT2D eigenvalue weighted by Crippen LogP contribution is 2.05. The van der Waals surface area contributed by atoms with E-state index in [1.165, 1.54) is 37.4 Å². The van der Waals surface area contributed by atoms with E-state index in [2.05, 4.69) is 21.3 Å². The van der Waals surface area contributed by atoms with Crippen LogP contribution >= 0.6 is 23.5 Å². The second-order valence-electron chi connectivity index (χ2n) is 6.54. The Bertz CT molecular complexity index is 593. The van der Waals surface area contributed by atoms with Gasteiger partial charge in [0.1, 0.15) is 30.5 Å². The van der Waals surface area contributed by atoms with E-state index in [4.69, 9.17) is 5.11 Å². The molecule has 0 unspecified atom stereocenters. The fraction of sp³-hybridized carbons (Fsp3) is 0.722. The van der Waals surface area contributed by atoms with Gasteiger partial charge in [0.25, 0.3) is 0 Å². The molecule has 0 bridgehead atoms. The third kappa shape index (κ3) is 11.4. The molecule has 10 nitrogen and oxygen atoms in total. The molecule has 0 aromatic rings. The fourth-order valence-corrected chi connectivity index (χ4v) is 3.28. The zero-order valence-corrected chi connectivity index (χ0v) is 19.4. The minimum Gasteiger partial charge on any atom is -0.394 e. The topological polar surface area (TPSA) is 154 Å². The van der Waals surface area contributed by atoms with Gasteiger partial charge in [-0.1, -0.05) is 0 Å². The first-order chi connectivity index (χ1) is 14.2. The zero-order chi connectivity index (χ0) is 23.1. The van der Waals surface area contributed by atoms with Gasteiger partial charge < -0.3 is 31.2 Å². The number of amides is 4. The Morgan fingerprint density at radius 3 is 1.80 bits per heavy atom. The Morgan fingerprint density at radius 1 is 0.867 bits per heavy atom. The van der Waals surface area contributed by atoms with Gasteiger partial charge in [0.15, 0.2) is 0 Å². The average Bonchev–Trinajstić information content (AvgIpc) is 2.71. The second kappa shape index (κ2) is 16.0. The van der Waals surface area contributed by atoms with Crippen molar-refractivity contribution in [1.82, 2.24) is 21.3 Å². The van der Waals surface area contributed by atoms with Crippen molar-refractivity contribution in [3.05, 3.63) is 0 Å². The Kier molecular flexibility index (Phi) is 15.0. The van der Waals surface area contributed by atoms with E-state index in [9.17, 15) is 24.0 Å². The van der Waals surface area contributed by atoms with Crippen LogP contribution in [-0.4, -0.2) is 89.8 Å². The number of aldehydes is 1. The average molecular weight is 465 g/mol. The standard InChI is InChI=1S/C18H32N4O6S2/c1-11(16(26)21-13(9-23)10-24)19-17(27)15(6-8-30-4)22-18(28)14(5-7-29-3)20-12(2)25/h9,11,13-15,24H,5-8,10H2,1-4H3,(H,19,27)(H,20,25)(H,21,26)(H,22,28)/t11-,13+,14-,15-/m0/s1. The summed E-state index contributed by atoms with van der Waals surface area (Å²) in [5, 5.41) is 19.0. The van der Waals surface area contributed by atoms with Crippen LogP contribution in [-0.2, 0) is 24.0 Å². The maximum absolute atomic E-state index is 12.7. The van der Waals surface area contributed by atoms with Crippen molar-refractivity contribution in [1.29, 1.82) is 0 Å². The predicted molar refractivity (Wildman–Crippen MR) is 118 cm³/mol. The number of hydrogen-bond donors (Lipinski definition) is 5. The zero-order valence-electron chi connectivity index (χ0n) is 17.7. The van der Waals surface area contributed by atoms with Gasteiger partial charge in [-0.2, -0.15) is 23.5 Å². The Labute approximate surface area is 185 Å². The van der Waals surface area contributed by atoms with Gasteiger partial charge in [0.05, 0.1) is 6.61 Å². The van der Waals surface area contributed by atoms with Crippen LogP contribution in [0.15, 0.2) is 0 Å². The van der Waals surface area contributed by atoms with Gasteiger partial charge in [-0.25, -0.2) is 0 Å². The van der Waals surface area contributed by atoms with Crippen LogP contribution in [0.5, 0.6) is 0 Å². The summed E-state index contributed by atoms with van der Waals surface area (Å²) in [5.41, 5.74) is 0. The lowest BCUT2D eigenvalue weighted by atomic mass is 10.1. The number of aliphatic hydroxyl groups excluding tert-OH is 1. The van der Waals surface area contributed by atoms with E-state index in [-0.39, 0.29) is 5.91 Å². The molecule has 0 spiro atoms. The molecule has 4 amide bonds. The minimum absolute atomic E-state index is 0.329. The first kappa shape index (κ1) is 28.2. The second-order valence-corrected chi connectivity index (χ2v) is 8.51. The van der Waals surface area contributed by atoms with Gasteiger partial charge in [-0.3, -0.25) is 19.2 Å². The van der Waals surface area contributed by atoms with Crippen LogP contribution in [0.25, 0.3) is 0 Å². The molecule has 4 atom stereocenters. The van der Waals surface area contributed by atoms with E-state index >= 15 is 0 Å². The molecule has 0 rings (SSSR count). The van der Waals surface area contributed by atoms with Crippen molar-refractivity contribution in [2.75, 3.05) is 30.6 Å². The van der Waals surface area contributed by atoms with Gasteiger partial charge in [-0.15, -0.1) is 0 Å².